The van der Waals surface area contributed by atoms with E-state index in [2.05, 4.69) is 31.5 Å². The molecule has 0 aliphatic heterocycles. The molecule has 0 aliphatic carbocycles. The second-order valence-electron chi connectivity index (χ2n) is 6.08. The number of hydrazine groups is 1. The van der Waals surface area contributed by atoms with Gasteiger partial charge >= 0.3 is 0 Å². The van der Waals surface area contributed by atoms with E-state index in [9.17, 15) is 14.9 Å². The van der Waals surface area contributed by atoms with Crippen LogP contribution in [0.1, 0.15) is 38.1 Å². The van der Waals surface area contributed by atoms with Crippen molar-refractivity contribution in [3.8, 4) is 0 Å². The Kier molecular flexibility index (Phi) is 5.26. The molecule has 4 N–H and O–H groups in total. The molecule has 1 unspecified atom stereocenters. The van der Waals surface area contributed by atoms with Crippen molar-refractivity contribution in [2.75, 3.05) is 12.0 Å². The average molecular weight is 294 g/mol. The number of nitro benzene ring substituents is 1. The van der Waals surface area contributed by atoms with Crippen LogP contribution in [0.4, 0.5) is 11.4 Å². The monoisotopic (exact) mass is 294 g/mol. The minimum Gasteiger partial charge on any atom is -0.352 e. The van der Waals surface area contributed by atoms with Crippen LogP contribution in [0.25, 0.3) is 0 Å². The van der Waals surface area contributed by atoms with Crippen molar-refractivity contribution < 1.29 is 9.72 Å². The number of carbonyl (C=O) groups excluding carboxylic acids is 1. The summed E-state index contributed by atoms with van der Waals surface area (Å²) in [5.41, 5.74) is 2.25. The fourth-order valence-electron chi connectivity index (χ4n) is 1.68. The second-order valence-corrected chi connectivity index (χ2v) is 6.08. The molecular formula is C14H22N4O3. The summed E-state index contributed by atoms with van der Waals surface area (Å²) in [5, 5.41) is 13.7. The summed E-state index contributed by atoms with van der Waals surface area (Å²) in [7, 11) is 0. The number of nitrogens with one attached hydrogen (secondary N) is 2. The summed E-state index contributed by atoms with van der Waals surface area (Å²) in [6.07, 6.45) is 0. The molecule has 0 spiro atoms. The van der Waals surface area contributed by atoms with Gasteiger partial charge in [0.2, 0.25) is 0 Å². The van der Waals surface area contributed by atoms with Crippen LogP contribution in [0.3, 0.4) is 0 Å². The number of nitro groups is 1. The quantitative estimate of drug-likeness (QED) is 0.438. The van der Waals surface area contributed by atoms with Gasteiger partial charge in [0, 0.05) is 12.6 Å². The lowest BCUT2D eigenvalue weighted by Crippen LogP contribution is -2.34. The third kappa shape index (κ3) is 4.16. The van der Waals surface area contributed by atoms with Crippen LogP contribution in [0.5, 0.6) is 0 Å². The van der Waals surface area contributed by atoms with Gasteiger partial charge in [-0.2, -0.15) is 0 Å². The molecule has 0 saturated carbocycles. The minimum absolute atomic E-state index is 0.0170. The van der Waals surface area contributed by atoms with Crippen molar-refractivity contribution in [2.24, 2.45) is 17.2 Å². The molecule has 1 aromatic rings. The Morgan fingerprint density at radius 1 is 1.43 bits per heavy atom. The highest BCUT2D eigenvalue weighted by atomic mass is 16.6. The first-order valence-corrected chi connectivity index (χ1v) is 6.70. The first-order valence-electron chi connectivity index (χ1n) is 6.70. The zero-order chi connectivity index (χ0) is 16.2. The molecule has 0 aromatic heterocycles. The van der Waals surface area contributed by atoms with Crippen LogP contribution in [0.2, 0.25) is 0 Å². The van der Waals surface area contributed by atoms with Gasteiger partial charge in [-0.3, -0.25) is 20.8 Å². The molecule has 0 bridgehead atoms. The fourth-order valence-corrected chi connectivity index (χ4v) is 1.68. The van der Waals surface area contributed by atoms with Gasteiger partial charge < -0.3 is 10.7 Å². The molecule has 1 amide bonds. The predicted molar refractivity (Wildman–Crippen MR) is 81.9 cm³/mol. The molecule has 21 heavy (non-hydrogen) atoms. The van der Waals surface area contributed by atoms with Crippen LogP contribution >= 0.6 is 0 Å². The minimum atomic E-state index is -0.580. The van der Waals surface area contributed by atoms with E-state index in [-0.39, 0.29) is 34.2 Å². The first kappa shape index (κ1) is 16.9. The average Bonchev–Trinajstić information content (AvgIpc) is 2.42. The van der Waals surface area contributed by atoms with Crippen molar-refractivity contribution in [3.63, 3.8) is 0 Å². The van der Waals surface area contributed by atoms with E-state index >= 15 is 0 Å². The van der Waals surface area contributed by atoms with Crippen molar-refractivity contribution in [1.29, 1.82) is 0 Å². The predicted octanol–water partition coefficient (Wildman–Crippen LogP) is 2.29. The van der Waals surface area contributed by atoms with E-state index < -0.39 is 4.92 Å². The van der Waals surface area contributed by atoms with Crippen LogP contribution in [0, 0.1) is 21.4 Å². The van der Waals surface area contributed by atoms with Crippen LogP contribution < -0.4 is 16.6 Å². The maximum absolute atomic E-state index is 12.2. The van der Waals surface area contributed by atoms with Gasteiger partial charge in [-0.05, 0) is 17.4 Å². The molecular weight excluding hydrogens is 272 g/mol. The Bertz CT molecular complexity index is 538. The third-order valence-corrected chi connectivity index (χ3v) is 3.68. The van der Waals surface area contributed by atoms with Crippen LogP contribution in [-0.2, 0) is 0 Å². The van der Waals surface area contributed by atoms with Gasteiger partial charge in [-0.1, -0.05) is 33.8 Å². The van der Waals surface area contributed by atoms with Gasteiger partial charge in [0.05, 0.1) is 10.5 Å². The number of nitrogens with two attached hydrogens (primary N) is 1. The number of hydrogen-bond donors (Lipinski definition) is 3. The van der Waals surface area contributed by atoms with Gasteiger partial charge in [0.15, 0.2) is 0 Å². The molecule has 0 heterocycles. The number of amides is 1. The molecule has 0 fully saturated rings. The van der Waals surface area contributed by atoms with Gasteiger partial charge in [0.25, 0.3) is 11.6 Å². The maximum Gasteiger partial charge on any atom is 0.294 e. The summed E-state index contributed by atoms with van der Waals surface area (Å²) < 4.78 is 0. The summed E-state index contributed by atoms with van der Waals surface area (Å²) >= 11 is 0. The number of rotatable bonds is 5. The number of nitrogen functional groups attached to an aromatic ring is 1. The molecule has 0 aliphatic rings. The molecule has 7 heteroatoms. The third-order valence-electron chi connectivity index (χ3n) is 3.68. The number of benzene rings is 1. The SMILES string of the molecule is CC(CNC(=O)c1cccc([N+](=O)[O-])c1NN)C(C)(C)C. The Morgan fingerprint density at radius 3 is 2.52 bits per heavy atom. The molecule has 116 valence electrons. The number of anilines is 1. The number of nitrogens with zero attached hydrogens (tertiary/aromatic N) is 1. The van der Waals surface area contributed by atoms with Crippen LogP contribution in [-0.4, -0.2) is 17.4 Å². The second kappa shape index (κ2) is 6.53. The lowest BCUT2D eigenvalue weighted by atomic mass is 9.82. The first-order chi connectivity index (χ1) is 9.68. The molecule has 0 radical (unpaired) electrons. The Morgan fingerprint density at radius 2 is 2.05 bits per heavy atom. The molecule has 1 atom stereocenters. The van der Waals surface area contributed by atoms with E-state index in [0.29, 0.717) is 6.54 Å². The summed E-state index contributed by atoms with van der Waals surface area (Å²) in [6.45, 7) is 8.78. The van der Waals surface area contributed by atoms with E-state index in [4.69, 9.17) is 5.84 Å². The molecule has 0 saturated heterocycles. The highest BCUT2D eigenvalue weighted by Crippen LogP contribution is 2.28. The largest absolute Gasteiger partial charge is 0.352 e. The number of hydrogen-bond acceptors (Lipinski definition) is 5. The normalized spacial score (nSPS) is 12.6. The van der Waals surface area contributed by atoms with Gasteiger partial charge in [-0.15, -0.1) is 0 Å². The van der Waals surface area contributed by atoms with Crippen LogP contribution in [0.15, 0.2) is 18.2 Å². The molecule has 7 nitrogen and oxygen atoms in total. The highest BCUT2D eigenvalue weighted by molar-refractivity contribution is 6.01. The zero-order valence-corrected chi connectivity index (χ0v) is 12.8. The van der Waals surface area contributed by atoms with Gasteiger partial charge in [-0.25, -0.2) is 0 Å². The molecule has 1 rings (SSSR count). The number of carbonyl (C=O) groups is 1. The zero-order valence-electron chi connectivity index (χ0n) is 12.8. The van der Waals surface area contributed by atoms with E-state index in [1.165, 1.54) is 18.2 Å². The van der Waals surface area contributed by atoms with Crippen molar-refractivity contribution >= 4 is 17.3 Å². The number of para-hydroxylation sites is 1. The van der Waals surface area contributed by atoms with Gasteiger partial charge in [0.1, 0.15) is 5.69 Å². The van der Waals surface area contributed by atoms with Crippen molar-refractivity contribution in [3.05, 3.63) is 33.9 Å². The highest BCUT2D eigenvalue weighted by Gasteiger charge is 2.23. The van der Waals surface area contributed by atoms with E-state index in [1.54, 1.807) is 0 Å². The van der Waals surface area contributed by atoms with E-state index in [1.807, 2.05) is 6.92 Å². The topological polar surface area (TPSA) is 110 Å². The Balaban J connectivity index is 2.93. The molecule has 1 aromatic carbocycles. The van der Waals surface area contributed by atoms with E-state index in [0.717, 1.165) is 0 Å². The summed E-state index contributed by atoms with van der Waals surface area (Å²) in [4.78, 5) is 22.6. The fraction of sp³-hybridized carbons (Fsp3) is 0.500. The Hall–Kier alpha value is -2.15. The summed E-state index contributed by atoms with van der Waals surface area (Å²) in [5.74, 6) is 5.19. The lowest BCUT2D eigenvalue weighted by molar-refractivity contribution is -0.384. The van der Waals surface area contributed by atoms with Crippen molar-refractivity contribution in [2.45, 2.75) is 27.7 Å². The maximum atomic E-state index is 12.2. The smallest absolute Gasteiger partial charge is 0.294 e. The van der Waals surface area contributed by atoms with Crippen molar-refractivity contribution in [1.82, 2.24) is 5.32 Å². The lowest BCUT2D eigenvalue weighted by Gasteiger charge is -2.27. The standard InChI is InChI=1S/C14H22N4O3/c1-9(14(2,3)4)8-16-13(19)10-6-5-7-11(18(20)21)12(10)17-15/h5-7,9,17H,8,15H2,1-4H3,(H,16,19). The summed E-state index contributed by atoms with van der Waals surface area (Å²) in [6, 6.07) is 4.25. The Labute approximate surface area is 124 Å².